The molecule has 0 unspecified atom stereocenters. The largest absolute Gasteiger partial charge is 0.486 e. The number of ether oxygens (including phenoxy) is 1. The van der Waals surface area contributed by atoms with E-state index >= 15 is 0 Å². The second kappa shape index (κ2) is 5.23. The summed E-state index contributed by atoms with van der Waals surface area (Å²) in [6.45, 7) is -1.51. The minimum absolute atomic E-state index is 0.00497. The van der Waals surface area contributed by atoms with Gasteiger partial charge in [0.25, 0.3) is 0 Å². The Morgan fingerprint density at radius 2 is 2.06 bits per heavy atom. The number of nitrogens with zero attached hydrogens (tertiary/aromatic N) is 1. The minimum atomic E-state index is -4.27. The Balaban J connectivity index is 2.84. The third-order valence-corrected chi connectivity index (χ3v) is 2.14. The van der Waals surface area contributed by atoms with Crippen LogP contribution in [0.15, 0.2) is 18.2 Å². The Labute approximate surface area is 99.4 Å². The first-order valence-electron chi connectivity index (χ1n) is 4.36. The topological polar surface area (TPSA) is 33.0 Å². The first kappa shape index (κ1) is 13.6. The lowest BCUT2D eigenvalue weighted by Gasteiger charge is -2.16. The van der Waals surface area contributed by atoms with Gasteiger partial charge in [0, 0.05) is 0 Å². The lowest BCUT2D eigenvalue weighted by molar-refractivity contribution is -0.148. The summed E-state index contributed by atoms with van der Waals surface area (Å²) in [5, 5.41) is 8.69. The molecule has 0 atom stereocenters. The number of alkyl halides is 4. The lowest BCUT2D eigenvalue weighted by Crippen LogP contribution is -2.33. The second-order valence-corrected chi connectivity index (χ2v) is 3.48. The van der Waals surface area contributed by atoms with Gasteiger partial charge in [0.1, 0.15) is 17.4 Å². The molecule has 0 saturated heterocycles. The highest BCUT2D eigenvalue weighted by Gasteiger charge is 2.41. The molecule has 0 saturated carbocycles. The number of nitriles is 1. The Morgan fingerprint density at radius 3 is 2.59 bits per heavy atom. The maximum Gasteiger partial charge on any atom is 0.340 e. The molecule has 0 radical (unpaired) electrons. The van der Waals surface area contributed by atoms with E-state index in [1.54, 1.807) is 6.07 Å². The Hall–Kier alpha value is -1.48. The van der Waals surface area contributed by atoms with E-state index in [0.717, 1.165) is 0 Å². The molecule has 7 heteroatoms. The van der Waals surface area contributed by atoms with Gasteiger partial charge in [0.2, 0.25) is 0 Å². The average molecular weight is 268 g/mol. The van der Waals surface area contributed by atoms with Gasteiger partial charge >= 0.3 is 12.3 Å². The van der Waals surface area contributed by atoms with Crippen LogP contribution in [0.5, 0.6) is 5.75 Å². The third kappa shape index (κ3) is 3.24. The van der Waals surface area contributed by atoms with E-state index in [1.165, 1.54) is 18.2 Å². The van der Waals surface area contributed by atoms with Crippen molar-refractivity contribution in [1.29, 1.82) is 5.26 Å². The monoisotopic (exact) mass is 267 g/mol. The summed E-state index contributed by atoms with van der Waals surface area (Å²) in [4.78, 5) is 0. The van der Waals surface area contributed by atoms with Gasteiger partial charge in [0.05, 0.1) is 5.02 Å². The van der Waals surface area contributed by atoms with Crippen molar-refractivity contribution < 1.29 is 22.3 Å². The zero-order valence-corrected chi connectivity index (χ0v) is 9.02. The van der Waals surface area contributed by atoms with E-state index < -0.39 is 19.0 Å². The van der Waals surface area contributed by atoms with Gasteiger partial charge < -0.3 is 4.74 Å². The molecular weight excluding hydrogens is 262 g/mol. The summed E-state index contributed by atoms with van der Waals surface area (Å²) < 4.78 is 53.4. The number of benzene rings is 1. The van der Waals surface area contributed by atoms with Crippen LogP contribution in [0, 0.1) is 11.3 Å². The van der Waals surface area contributed by atoms with Gasteiger partial charge in [-0.3, -0.25) is 0 Å². The van der Waals surface area contributed by atoms with E-state index in [1.807, 2.05) is 0 Å². The highest BCUT2D eigenvalue weighted by Crippen LogP contribution is 2.28. The van der Waals surface area contributed by atoms with Gasteiger partial charge in [-0.1, -0.05) is 17.7 Å². The van der Waals surface area contributed by atoms with Crippen LogP contribution in [-0.4, -0.2) is 19.0 Å². The molecule has 0 amide bonds. The minimum Gasteiger partial charge on any atom is -0.486 e. The third-order valence-electron chi connectivity index (χ3n) is 1.83. The average Bonchev–Trinajstić information content (AvgIpc) is 2.26. The predicted molar refractivity (Wildman–Crippen MR) is 52.6 cm³/mol. The van der Waals surface area contributed by atoms with Crippen molar-refractivity contribution >= 4 is 11.6 Å². The van der Waals surface area contributed by atoms with Crippen LogP contribution in [0.2, 0.25) is 5.02 Å². The molecule has 92 valence electrons. The lowest BCUT2D eigenvalue weighted by atomic mass is 10.2. The van der Waals surface area contributed by atoms with Crippen LogP contribution in [-0.2, 0) is 0 Å². The number of halogens is 5. The van der Waals surface area contributed by atoms with Crippen LogP contribution in [0.3, 0.4) is 0 Å². The van der Waals surface area contributed by atoms with E-state index in [9.17, 15) is 17.6 Å². The molecule has 0 aliphatic heterocycles. The van der Waals surface area contributed by atoms with Gasteiger partial charge in [-0.25, -0.2) is 8.78 Å². The fourth-order valence-corrected chi connectivity index (χ4v) is 1.18. The fraction of sp³-hybridized carbons (Fsp3) is 0.300. The van der Waals surface area contributed by atoms with Crippen molar-refractivity contribution in [2.75, 3.05) is 6.61 Å². The summed E-state index contributed by atoms with van der Waals surface area (Å²) in [7, 11) is 0. The Kier molecular flexibility index (Phi) is 4.18. The summed E-state index contributed by atoms with van der Waals surface area (Å²) in [5.41, 5.74) is -0.167. The van der Waals surface area contributed by atoms with Crippen LogP contribution in [0.25, 0.3) is 0 Å². The van der Waals surface area contributed by atoms with Crippen molar-refractivity contribution in [1.82, 2.24) is 0 Å². The van der Waals surface area contributed by atoms with E-state index in [0.29, 0.717) is 0 Å². The van der Waals surface area contributed by atoms with Crippen molar-refractivity contribution in [3.63, 3.8) is 0 Å². The molecule has 0 aliphatic rings. The highest BCUT2D eigenvalue weighted by atomic mass is 35.5. The molecule has 0 bridgehead atoms. The van der Waals surface area contributed by atoms with Crippen molar-refractivity contribution in [2.45, 2.75) is 12.3 Å². The molecular formula is C10H6ClF4NO. The predicted octanol–water partition coefficient (Wildman–Crippen LogP) is 3.49. The van der Waals surface area contributed by atoms with Crippen LogP contribution >= 0.6 is 11.6 Å². The smallest absolute Gasteiger partial charge is 0.340 e. The molecule has 1 aromatic carbocycles. The van der Waals surface area contributed by atoms with Gasteiger partial charge in [-0.05, 0) is 12.1 Å². The standard InChI is InChI=1S/C10H6ClF4NO/c11-7-2-1-3-8(6(7)4-16)17-5-10(14,15)9(12)13/h1-3,9H,5H2. The Morgan fingerprint density at radius 1 is 1.41 bits per heavy atom. The molecule has 0 aliphatic carbocycles. The van der Waals surface area contributed by atoms with Crippen molar-refractivity contribution in [2.24, 2.45) is 0 Å². The second-order valence-electron chi connectivity index (χ2n) is 3.08. The molecule has 2 nitrogen and oxygen atoms in total. The first-order valence-corrected chi connectivity index (χ1v) is 4.73. The van der Waals surface area contributed by atoms with Crippen LogP contribution in [0.1, 0.15) is 5.56 Å². The quantitative estimate of drug-likeness (QED) is 0.782. The summed E-state index contributed by atoms with van der Waals surface area (Å²) >= 11 is 5.60. The first-order chi connectivity index (χ1) is 7.88. The summed E-state index contributed by atoms with van der Waals surface area (Å²) in [6.07, 6.45) is -3.83. The maximum atomic E-state index is 12.6. The number of hydrogen-bond acceptors (Lipinski definition) is 2. The SMILES string of the molecule is N#Cc1c(Cl)cccc1OCC(F)(F)C(F)F. The van der Waals surface area contributed by atoms with Gasteiger partial charge in [0.15, 0.2) is 6.61 Å². The van der Waals surface area contributed by atoms with Gasteiger partial charge in [-0.2, -0.15) is 14.0 Å². The number of rotatable bonds is 4. The highest BCUT2D eigenvalue weighted by molar-refractivity contribution is 6.31. The number of hydrogen-bond donors (Lipinski definition) is 0. The van der Waals surface area contributed by atoms with Crippen LogP contribution in [0.4, 0.5) is 17.6 Å². The van der Waals surface area contributed by atoms with E-state index in [4.69, 9.17) is 16.9 Å². The molecule has 17 heavy (non-hydrogen) atoms. The molecule has 1 rings (SSSR count). The molecule has 0 heterocycles. The molecule has 0 fully saturated rings. The van der Waals surface area contributed by atoms with E-state index in [2.05, 4.69) is 4.74 Å². The summed E-state index contributed by atoms with van der Waals surface area (Å²) in [5.74, 6) is -4.52. The van der Waals surface area contributed by atoms with Crippen molar-refractivity contribution in [3.8, 4) is 11.8 Å². The molecule has 0 N–H and O–H groups in total. The maximum absolute atomic E-state index is 12.6. The van der Waals surface area contributed by atoms with Crippen LogP contribution < -0.4 is 4.74 Å². The fourth-order valence-electron chi connectivity index (χ4n) is 0.970. The zero-order chi connectivity index (χ0) is 13.1. The zero-order valence-electron chi connectivity index (χ0n) is 8.26. The molecule has 1 aromatic rings. The molecule has 0 spiro atoms. The normalized spacial score (nSPS) is 11.4. The Bertz CT molecular complexity index is 444. The molecule has 0 aromatic heterocycles. The summed E-state index contributed by atoms with van der Waals surface area (Å²) in [6, 6.07) is 5.56. The van der Waals surface area contributed by atoms with E-state index in [-0.39, 0.29) is 16.3 Å². The van der Waals surface area contributed by atoms with Gasteiger partial charge in [-0.15, -0.1) is 0 Å². The van der Waals surface area contributed by atoms with Crippen molar-refractivity contribution in [3.05, 3.63) is 28.8 Å².